The third kappa shape index (κ3) is 4.79. The molecule has 7 heteroatoms. The zero-order valence-corrected chi connectivity index (χ0v) is 17.2. The van der Waals surface area contributed by atoms with Crippen LogP contribution in [-0.2, 0) is 4.79 Å². The Labute approximate surface area is 176 Å². The summed E-state index contributed by atoms with van der Waals surface area (Å²) in [5.41, 5.74) is 8.07. The van der Waals surface area contributed by atoms with Crippen molar-refractivity contribution in [3.05, 3.63) is 59.3 Å². The first-order valence-corrected chi connectivity index (χ1v) is 10.7. The Kier molecular flexibility index (Phi) is 6.28. The minimum Gasteiger partial charge on any atom is -0.362 e. The molecule has 1 saturated carbocycles. The van der Waals surface area contributed by atoms with E-state index < -0.39 is 0 Å². The van der Waals surface area contributed by atoms with E-state index >= 15 is 0 Å². The van der Waals surface area contributed by atoms with Crippen molar-refractivity contribution >= 4 is 11.6 Å². The first-order chi connectivity index (χ1) is 14.7. The number of nitrogens with zero attached hydrogens (tertiary/aromatic N) is 3. The van der Waals surface area contributed by atoms with Crippen molar-refractivity contribution in [1.29, 1.82) is 0 Å². The van der Waals surface area contributed by atoms with Gasteiger partial charge in [0.2, 0.25) is 5.91 Å². The lowest BCUT2D eigenvalue weighted by molar-refractivity contribution is -0.127. The van der Waals surface area contributed by atoms with Gasteiger partial charge in [0.15, 0.2) is 0 Å². The van der Waals surface area contributed by atoms with Gasteiger partial charge in [0, 0.05) is 62.5 Å². The summed E-state index contributed by atoms with van der Waals surface area (Å²) in [5.74, 6) is 0.619. The maximum Gasteiger partial charge on any atom is 0.271 e. The number of rotatable bonds is 7. The summed E-state index contributed by atoms with van der Waals surface area (Å²) in [6.07, 6.45) is 12.8. The Morgan fingerprint density at radius 1 is 1.27 bits per heavy atom. The molecule has 7 nitrogen and oxygen atoms in total. The minimum atomic E-state index is -0.0834. The second-order valence-corrected chi connectivity index (χ2v) is 8.15. The van der Waals surface area contributed by atoms with Crippen LogP contribution in [0.25, 0.3) is 11.1 Å². The standard InChI is InChI=1S/C23H29N5O2/c24-9-1-4-22(29)27-12-2-3-20(16-27)28(15-17-5-6-17)21-13-19(14-26-23(21)30)18-7-10-25-11-8-18/h1,4,7-8,10-11,13-14,17,20H,2-3,5-6,9,12,15-16,24H2,(H,26,30)/t20-/m0/s1. The third-order valence-corrected chi connectivity index (χ3v) is 5.90. The number of aromatic nitrogens is 2. The fourth-order valence-electron chi connectivity index (χ4n) is 4.10. The molecule has 2 fully saturated rings. The van der Waals surface area contributed by atoms with Gasteiger partial charge in [0.05, 0.1) is 0 Å². The van der Waals surface area contributed by atoms with E-state index in [1.807, 2.05) is 23.1 Å². The van der Waals surface area contributed by atoms with Crippen molar-refractivity contribution in [3.8, 4) is 11.1 Å². The highest BCUT2D eigenvalue weighted by molar-refractivity contribution is 5.87. The van der Waals surface area contributed by atoms with Gasteiger partial charge in [-0.2, -0.15) is 0 Å². The van der Waals surface area contributed by atoms with Gasteiger partial charge in [0.1, 0.15) is 5.69 Å². The molecule has 2 aliphatic rings. The smallest absolute Gasteiger partial charge is 0.271 e. The summed E-state index contributed by atoms with van der Waals surface area (Å²) >= 11 is 0. The topological polar surface area (TPSA) is 95.3 Å². The number of pyridine rings is 2. The number of likely N-dealkylation sites (tertiary alicyclic amines) is 1. The van der Waals surface area contributed by atoms with Crippen LogP contribution in [0.4, 0.5) is 5.69 Å². The van der Waals surface area contributed by atoms with Crippen molar-refractivity contribution < 1.29 is 4.79 Å². The fourth-order valence-corrected chi connectivity index (χ4v) is 4.10. The number of nitrogens with two attached hydrogens (primary N) is 1. The first-order valence-electron chi connectivity index (χ1n) is 10.7. The Morgan fingerprint density at radius 2 is 2.07 bits per heavy atom. The normalized spacial score (nSPS) is 19.2. The fraction of sp³-hybridized carbons (Fsp3) is 0.435. The van der Waals surface area contributed by atoms with E-state index in [-0.39, 0.29) is 17.5 Å². The number of nitrogens with one attached hydrogen (secondary N) is 1. The van der Waals surface area contributed by atoms with Crippen LogP contribution >= 0.6 is 0 Å². The molecule has 2 aromatic heterocycles. The molecule has 3 heterocycles. The summed E-state index contributed by atoms with van der Waals surface area (Å²) < 4.78 is 0. The van der Waals surface area contributed by atoms with Crippen LogP contribution in [0.5, 0.6) is 0 Å². The summed E-state index contributed by atoms with van der Waals surface area (Å²) in [6, 6.07) is 5.98. The van der Waals surface area contributed by atoms with Crippen LogP contribution in [0, 0.1) is 5.92 Å². The van der Waals surface area contributed by atoms with Crippen molar-refractivity contribution in [3.63, 3.8) is 0 Å². The Morgan fingerprint density at radius 3 is 2.80 bits per heavy atom. The molecule has 0 radical (unpaired) electrons. The second kappa shape index (κ2) is 9.26. The summed E-state index contributed by atoms with van der Waals surface area (Å²) in [4.78, 5) is 36.4. The predicted octanol–water partition coefficient (Wildman–Crippen LogP) is 2.16. The highest BCUT2D eigenvalue weighted by Gasteiger charge is 2.33. The minimum absolute atomic E-state index is 0.00373. The SMILES string of the molecule is NCC=CC(=O)N1CCC[C@H](N(CC2CC2)c2cc(-c3ccncc3)c[nH]c2=O)C1. The predicted molar refractivity (Wildman–Crippen MR) is 118 cm³/mol. The van der Waals surface area contributed by atoms with E-state index in [2.05, 4.69) is 14.9 Å². The largest absolute Gasteiger partial charge is 0.362 e. The lowest BCUT2D eigenvalue weighted by atomic mass is 10.0. The van der Waals surface area contributed by atoms with Crippen molar-refractivity contribution in [2.45, 2.75) is 31.7 Å². The number of amides is 1. The molecule has 1 aliphatic heterocycles. The summed E-state index contributed by atoms with van der Waals surface area (Å²) in [6.45, 7) is 2.58. The number of anilines is 1. The lowest BCUT2D eigenvalue weighted by Gasteiger charge is -2.40. The van der Waals surface area contributed by atoms with Crippen LogP contribution in [0.2, 0.25) is 0 Å². The van der Waals surface area contributed by atoms with Gasteiger partial charge < -0.3 is 20.5 Å². The highest BCUT2D eigenvalue weighted by atomic mass is 16.2. The van der Waals surface area contributed by atoms with E-state index in [9.17, 15) is 9.59 Å². The van der Waals surface area contributed by atoms with Crippen LogP contribution in [0.3, 0.4) is 0 Å². The molecule has 2 aromatic rings. The second-order valence-electron chi connectivity index (χ2n) is 8.15. The van der Waals surface area contributed by atoms with Gasteiger partial charge in [-0.25, -0.2) is 0 Å². The van der Waals surface area contributed by atoms with Crippen molar-refractivity contribution in [2.24, 2.45) is 11.7 Å². The quantitative estimate of drug-likeness (QED) is 0.686. The molecule has 0 aromatic carbocycles. The number of hydrogen-bond acceptors (Lipinski definition) is 5. The number of hydrogen-bond donors (Lipinski definition) is 2. The number of carbonyl (C=O) groups excluding carboxylic acids is 1. The van der Waals surface area contributed by atoms with Gasteiger partial charge in [-0.15, -0.1) is 0 Å². The molecular weight excluding hydrogens is 378 g/mol. The molecule has 1 saturated heterocycles. The lowest BCUT2D eigenvalue weighted by Crippen LogP contribution is -2.51. The monoisotopic (exact) mass is 407 g/mol. The molecule has 0 bridgehead atoms. The van der Waals surface area contributed by atoms with E-state index in [1.54, 1.807) is 30.7 Å². The maximum atomic E-state index is 12.8. The van der Waals surface area contributed by atoms with Gasteiger partial charge in [-0.05, 0) is 55.4 Å². The Hall–Kier alpha value is -2.93. The average Bonchev–Trinajstić information content (AvgIpc) is 3.61. The summed E-state index contributed by atoms with van der Waals surface area (Å²) in [5, 5.41) is 0. The molecule has 4 rings (SSSR count). The number of aromatic amines is 1. The number of carbonyl (C=O) groups is 1. The molecule has 158 valence electrons. The van der Waals surface area contributed by atoms with E-state index in [0.29, 0.717) is 24.7 Å². The van der Waals surface area contributed by atoms with Crippen molar-refractivity contribution in [1.82, 2.24) is 14.9 Å². The number of piperidine rings is 1. The van der Waals surface area contributed by atoms with Crippen LogP contribution in [-0.4, -0.2) is 53.0 Å². The van der Waals surface area contributed by atoms with Gasteiger partial charge in [-0.1, -0.05) is 6.08 Å². The van der Waals surface area contributed by atoms with Crippen LogP contribution in [0.1, 0.15) is 25.7 Å². The van der Waals surface area contributed by atoms with E-state index in [4.69, 9.17) is 5.73 Å². The van der Waals surface area contributed by atoms with Crippen LogP contribution in [0.15, 0.2) is 53.7 Å². The molecule has 0 spiro atoms. The molecule has 1 atom stereocenters. The zero-order chi connectivity index (χ0) is 20.9. The molecular formula is C23H29N5O2. The molecule has 1 amide bonds. The first kappa shape index (κ1) is 20.3. The Balaban J connectivity index is 1.62. The maximum absolute atomic E-state index is 12.8. The van der Waals surface area contributed by atoms with E-state index in [1.165, 1.54) is 12.8 Å². The molecule has 30 heavy (non-hydrogen) atoms. The van der Waals surface area contributed by atoms with Crippen molar-refractivity contribution in [2.75, 3.05) is 31.1 Å². The molecule has 0 unspecified atom stereocenters. The number of H-pyrrole nitrogens is 1. The molecule has 3 N–H and O–H groups in total. The van der Waals surface area contributed by atoms with E-state index in [0.717, 1.165) is 37.1 Å². The average molecular weight is 408 g/mol. The highest BCUT2D eigenvalue weighted by Crippen LogP contribution is 2.33. The molecule has 1 aliphatic carbocycles. The van der Waals surface area contributed by atoms with Crippen LogP contribution < -0.4 is 16.2 Å². The zero-order valence-electron chi connectivity index (χ0n) is 17.2. The van der Waals surface area contributed by atoms with Gasteiger partial charge in [0.25, 0.3) is 5.56 Å². The van der Waals surface area contributed by atoms with Gasteiger partial charge >= 0.3 is 0 Å². The summed E-state index contributed by atoms with van der Waals surface area (Å²) in [7, 11) is 0. The van der Waals surface area contributed by atoms with Gasteiger partial charge in [-0.3, -0.25) is 14.6 Å². The Bertz CT molecular complexity index is 952. The third-order valence-electron chi connectivity index (χ3n) is 5.90.